The lowest BCUT2D eigenvalue weighted by Gasteiger charge is -2.18. The van der Waals surface area contributed by atoms with Crippen LogP contribution in [-0.2, 0) is 6.54 Å². The molecule has 0 saturated heterocycles. The van der Waals surface area contributed by atoms with Gasteiger partial charge in [-0.1, -0.05) is 12.1 Å². The second-order valence-corrected chi connectivity index (χ2v) is 4.74. The number of nitrogens with zero attached hydrogens (tertiary/aromatic N) is 4. The molecule has 0 unspecified atom stereocenters. The van der Waals surface area contributed by atoms with Gasteiger partial charge in [0.05, 0.1) is 16.6 Å². The fourth-order valence-electron chi connectivity index (χ4n) is 1.88. The minimum atomic E-state index is -0.608. The summed E-state index contributed by atoms with van der Waals surface area (Å²) in [6.07, 6.45) is 2.44. The zero-order valence-electron chi connectivity index (χ0n) is 12.3. The summed E-state index contributed by atoms with van der Waals surface area (Å²) in [6, 6.07) is 9.72. The van der Waals surface area contributed by atoms with Crippen molar-refractivity contribution in [2.75, 3.05) is 12.4 Å². The summed E-state index contributed by atoms with van der Waals surface area (Å²) in [5.41, 5.74) is 1.19. The highest BCUT2D eigenvalue weighted by atomic mass is 16.6. The second-order valence-electron chi connectivity index (χ2n) is 4.74. The third kappa shape index (κ3) is 4.01. The minimum absolute atomic E-state index is 0.0849. The summed E-state index contributed by atoms with van der Waals surface area (Å²) in [7, 11) is 1.57. The van der Waals surface area contributed by atoms with E-state index in [1.807, 2.05) is 6.07 Å². The Morgan fingerprint density at radius 3 is 2.70 bits per heavy atom. The molecule has 116 valence electrons. The van der Waals surface area contributed by atoms with Crippen molar-refractivity contribution < 1.29 is 9.72 Å². The van der Waals surface area contributed by atoms with Gasteiger partial charge in [-0.3, -0.25) is 15.1 Å². The van der Waals surface area contributed by atoms with Crippen LogP contribution in [0.1, 0.15) is 11.1 Å². The van der Waals surface area contributed by atoms with Crippen LogP contribution >= 0.6 is 0 Å². The van der Waals surface area contributed by atoms with Gasteiger partial charge < -0.3 is 10.2 Å². The Kier molecular flexibility index (Phi) is 4.84. The number of rotatable bonds is 4. The van der Waals surface area contributed by atoms with E-state index >= 15 is 0 Å². The molecular weight excluding hydrogens is 298 g/mol. The average molecular weight is 311 g/mol. The van der Waals surface area contributed by atoms with Crippen LogP contribution in [0.3, 0.4) is 0 Å². The van der Waals surface area contributed by atoms with Crippen molar-refractivity contribution >= 4 is 17.4 Å². The lowest BCUT2D eigenvalue weighted by molar-refractivity contribution is -0.384. The third-order valence-electron chi connectivity index (χ3n) is 3.09. The Bertz CT molecular complexity index is 767. The lowest BCUT2D eigenvalue weighted by atomic mass is 10.1. The van der Waals surface area contributed by atoms with E-state index < -0.39 is 11.0 Å². The summed E-state index contributed by atoms with van der Waals surface area (Å²) in [5, 5.41) is 22.1. The predicted octanol–water partition coefficient (Wildman–Crippen LogP) is 2.53. The summed E-state index contributed by atoms with van der Waals surface area (Å²) in [6.45, 7) is 0.302. The van der Waals surface area contributed by atoms with Crippen LogP contribution in [0.25, 0.3) is 0 Å². The van der Waals surface area contributed by atoms with Gasteiger partial charge in [0, 0.05) is 19.8 Å². The van der Waals surface area contributed by atoms with Gasteiger partial charge in [-0.25, -0.2) is 4.79 Å². The quantitative estimate of drug-likeness (QED) is 0.688. The van der Waals surface area contributed by atoms with Crippen molar-refractivity contribution in [3.05, 3.63) is 64.0 Å². The molecule has 23 heavy (non-hydrogen) atoms. The number of aromatic nitrogens is 1. The number of nitriles is 1. The van der Waals surface area contributed by atoms with Crippen LogP contribution in [0, 0.1) is 21.4 Å². The van der Waals surface area contributed by atoms with Crippen molar-refractivity contribution in [1.82, 2.24) is 9.88 Å². The first kappa shape index (κ1) is 15.9. The molecule has 1 aromatic heterocycles. The molecule has 1 aromatic carbocycles. The molecule has 1 heterocycles. The molecule has 2 aromatic rings. The van der Waals surface area contributed by atoms with Gasteiger partial charge in [-0.15, -0.1) is 0 Å². The Hall–Kier alpha value is -3.47. The van der Waals surface area contributed by atoms with Gasteiger partial charge in [0.15, 0.2) is 0 Å². The molecule has 0 fully saturated rings. The highest BCUT2D eigenvalue weighted by molar-refractivity contribution is 5.91. The number of carbonyl (C=O) groups excluding carboxylic acids is 1. The maximum absolute atomic E-state index is 12.1. The maximum Gasteiger partial charge on any atom is 0.322 e. The molecule has 2 rings (SSSR count). The van der Waals surface area contributed by atoms with Gasteiger partial charge in [0.1, 0.15) is 11.9 Å². The number of nitrogens with one attached hydrogen (secondary N) is 1. The number of amides is 2. The normalized spacial score (nSPS) is 9.74. The van der Waals surface area contributed by atoms with Gasteiger partial charge in [-0.2, -0.15) is 5.26 Å². The first-order valence-corrected chi connectivity index (χ1v) is 6.61. The fourth-order valence-corrected chi connectivity index (χ4v) is 1.88. The van der Waals surface area contributed by atoms with Gasteiger partial charge in [0.25, 0.3) is 0 Å². The van der Waals surface area contributed by atoms with Crippen molar-refractivity contribution in [1.29, 1.82) is 5.26 Å². The number of hydrogen-bond acceptors (Lipinski definition) is 5. The van der Waals surface area contributed by atoms with E-state index in [4.69, 9.17) is 5.26 Å². The lowest BCUT2D eigenvalue weighted by Crippen LogP contribution is -2.31. The summed E-state index contributed by atoms with van der Waals surface area (Å²) >= 11 is 0. The van der Waals surface area contributed by atoms with Gasteiger partial charge >= 0.3 is 11.7 Å². The molecule has 8 nitrogen and oxygen atoms in total. The van der Waals surface area contributed by atoms with E-state index in [0.29, 0.717) is 12.1 Å². The first-order chi connectivity index (χ1) is 11.0. The highest BCUT2D eigenvalue weighted by Crippen LogP contribution is 2.22. The molecule has 0 bridgehead atoms. The Balaban J connectivity index is 2.05. The van der Waals surface area contributed by atoms with E-state index in [-0.39, 0.29) is 11.4 Å². The van der Waals surface area contributed by atoms with E-state index in [2.05, 4.69) is 10.3 Å². The minimum Gasteiger partial charge on any atom is -0.323 e. The van der Waals surface area contributed by atoms with Crippen molar-refractivity contribution in [2.24, 2.45) is 0 Å². The van der Waals surface area contributed by atoms with Crippen molar-refractivity contribution in [3.63, 3.8) is 0 Å². The van der Waals surface area contributed by atoms with Crippen LogP contribution in [0.2, 0.25) is 0 Å². The zero-order valence-corrected chi connectivity index (χ0v) is 12.3. The van der Waals surface area contributed by atoms with Crippen LogP contribution in [-0.4, -0.2) is 27.9 Å². The standard InChI is InChI=1S/C15H13N5O3/c1-19(10-12-4-2-11(8-16)3-5-12)15(21)18-13-6-7-17-9-14(13)20(22)23/h2-7,9H,10H2,1H3,(H,17,18,21). The number of carbonyl (C=O) groups is 1. The molecular formula is C15H13N5O3. The number of urea groups is 1. The number of benzene rings is 1. The van der Waals surface area contributed by atoms with Gasteiger partial charge in [0.2, 0.25) is 0 Å². The monoisotopic (exact) mass is 311 g/mol. The molecule has 2 amide bonds. The molecule has 8 heteroatoms. The molecule has 0 saturated carbocycles. The van der Waals surface area contributed by atoms with Crippen molar-refractivity contribution in [3.8, 4) is 6.07 Å². The topological polar surface area (TPSA) is 112 Å². The average Bonchev–Trinajstić information content (AvgIpc) is 2.55. The Morgan fingerprint density at radius 1 is 1.39 bits per heavy atom. The number of nitro groups is 1. The van der Waals surface area contributed by atoms with Crippen LogP contribution in [0.15, 0.2) is 42.7 Å². The second kappa shape index (κ2) is 7.00. The van der Waals surface area contributed by atoms with E-state index in [9.17, 15) is 14.9 Å². The zero-order chi connectivity index (χ0) is 16.8. The fraction of sp³-hybridized carbons (Fsp3) is 0.133. The smallest absolute Gasteiger partial charge is 0.322 e. The Labute approximate surface area is 132 Å². The molecule has 0 aliphatic carbocycles. The molecule has 0 aliphatic heterocycles. The highest BCUT2D eigenvalue weighted by Gasteiger charge is 2.17. The summed E-state index contributed by atoms with van der Waals surface area (Å²) in [5.74, 6) is 0. The molecule has 0 atom stereocenters. The third-order valence-corrected chi connectivity index (χ3v) is 3.09. The maximum atomic E-state index is 12.1. The molecule has 0 aliphatic rings. The van der Waals surface area contributed by atoms with E-state index in [0.717, 1.165) is 11.8 Å². The summed E-state index contributed by atoms with van der Waals surface area (Å²) in [4.78, 5) is 27.5. The van der Waals surface area contributed by atoms with E-state index in [1.165, 1.54) is 17.2 Å². The van der Waals surface area contributed by atoms with Crippen LogP contribution < -0.4 is 5.32 Å². The van der Waals surface area contributed by atoms with Crippen molar-refractivity contribution in [2.45, 2.75) is 6.54 Å². The largest absolute Gasteiger partial charge is 0.323 e. The van der Waals surface area contributed by atoms with E-state index in [1.54, 1.807) is 31.3 Å². The predicted molar refractivity (Wildman–Crippen MR) is 82.5 cm³/mol. The number of anilines is 1. The summed E-state index contributed by atoms with van der Waals surface area (Å²) < 4.78 is 0. The molecule has 0 spiro atoms. The first-order valence-electron chi connectivity index (χ1n) is 6.61. The van der Waals surface area contributed by atoms with Crippen LogP contribution in [0.4, 0.5) is 16.2 Å². The SMILES string of the molecule is CN(Cc1ccc(C#N)cc1)C(=O)Nc1ccncc1[N+](=O)[O-]. The molecule has 1 N–H and O–H groups in total. The Morgan fingerprint density at radius 2 is 2.09 bits per heavy atom. The van der Waals surface area contributed by atoms with Crippen LogP contribution in [0.5, 0.6) is 0 Å². The van der Waals surface area contributed by atoms with Gasteiger partial charge in [-0.05, 0) is 23.8 Å². The number of pyridine rings is 1. The number of hydrogen-bond donors (Lipinski definition) is 1. The molecule has 0 radical (unpaired) electrons.